The Balaban J connectivity index is 1.79. The standard InChI is InChI=1S/C18H15FN2O4/c1-12-6-7-15(14(19)8-12)21-17(22)10-25-18(23)11-24-16-5-3-2-4-13(16)9-20/h2-8H,10-11H2,1H3,(H,21,22). The highest BCUT2D eigenvalue weighted by atomic mass is 19.1. The van der Waals surface area contributed by atoms with Crippen molar-refractivity contribution in [3.8, 4) is 11.8 Å². The van der Waals surface area contributed by atoms with Crippen LogP contribution in [0, 0.1) is 24.1 Å². The molecule has 0 saturated carbocycles. The molecular weight excluding hydrogens is 327 g/mol. The number of hydrogen-bond donors (Lipinski definition) is 1. The fourth-order valence-electron chi connectivity index (χ4n) is 1.92. The lowest BCUT2D eigenvalue weighted by atomic mass is 10.2. The van der Waals surface area contributed by atoms with Crippen molar-refractivity contribution in [3.63, 3.8) is 0 Å². The van der Waals surface area contributed by atoms with Crippen molar-refractivity contribution < 1.29 is 23.5 Å². The fraction of sp³-hybridized carbons (Fsp3) is 0.167. The molecule has 7 heteroatoms. The number of amides is 1. The first-order valence-electron chi connectivity index (χ1n) is 7.33. The van der Waals surface area contributed by atoms with Crippen molar-refractivity contribution in [1.82, 2.24) is 0 Å². The minimum atomic E-state index is -0.785. The topological polar surface area (TPSA) is 88.4 Å². The smallest absolute Gasteiger partial charge is 0.344 e. The summed E-state index contributed by atoms with van der Waals surface area (Å²) < 4.78 is 23.6. The molecule has 1 N–H and O–H groups in total. The molecule has 0 aliphatic heterocycles. The third-order valence-electron chi connectivity index (χ3n) is 3.12. The molecule has 0 aromatic heterocycles. The summed E-state index contributed by atoms with van der Waals surface area (Å²) in [5, 5.41) is 11.2. The van der Waals surface area contributed by atoms with Gasteiger partial charge in [-0.05, 0) is 36.8 Å². The van der Waals surface area contributed by atoms with E-state index < -0.39 is 30.9 Å². The quantitative estimate of drug-likeness (QED) is 0.815. The van der Waals surface area contributed by atoms with Gasteiger partial charge in [0.05, 0.1) is 11.3 Å². The molecule has 0 radical (unpaired) electrons. The number of ether oxygens (including phenoxy) is 2. The van der Waals surface area contributed by atoms with Gasteiger partial charge in [-0.3, -0.25) is 4.79 Å². The lowest BCUT2D eigenvalue weighted by molar-refractivity contribution is -0.149. The molecule has 6 nitrogen and oxygen atoms in total. The third-order valence-corrected chi connectivity index (χ3v) is 3.12. The molecule has 0 unspecified atom stereocenters. The number of carbonyl (C=O) groups excluding carboxylic acids is 2. The summed E-state index contributed by atoms with van der Waals surface area (Å²) in [4.78, 5) is 23.3. The Bertz CT molecular complexity index is 830. The number of aryl methyl sites for hydroxylation is 1. The predicted octanol–water partition coefficient (Wildman–Crippen LogP) is 2.57. The highest BCUT2D eigenvalue weighted by Gasteiger charge is 2.12. The van der Waals surface area contributed by atoms with Crippen LogP contribution in [0.3, 0.4) is 0 Å². The second kappa shape index (κ2) is 8.45. The van der Waals surface area contributed by atoms with Crippen molar-refractivity contribution in [2.24, 2.45) is 0 Å². The second-order valence-electron chi connectivity index (χ2n) is 5.09. The van der Waals surface area contributed by atoms with E-state index in [1.807, 2.05) is 6.07 Å². The van der Waals surface area contributed by atoms with Crippen LogP contribution in [0.1, 0.15) is 11.1 Å². The maximum atomic E-state index is 13.6. The van der Waals surface area contributed by atoms with E-state index in [1.165, 1.54) is 12.1 Å². The van der Waals surface area contributed by atoms with Gasteiger partial charge in [0.25, 0.3) is 5.91 Å². The molecule has 2 aromatic carbocycles. The van der Waals surface area contributed by atoms with Crippen LogP contribution in [-0.2, 0) is 14.3 Å². The van der Waals surface area contributed by atoms with Crippen molar-refractivity contribution in [2.75, 3.05) is 18.5 Å². The number of hydrogen-bond acceptors (Lipinski definition) is 5. The molecule has 0 aliphatic carbocycles. The molecule has 0 fully saturated rings. The Morgan fingerprint density at radius 3 is 2.68 bits per heavy atom. The van der Waals surface area contributed by atoms with Crippen molar-refractivity contribution >= 4 is 17.6 Å². The third kappa shape index (κ3) is 5.32. The van der Waals surface area contributed by atoms with Crippen LogP contribution in [0.2, 0.25) is 0 Å². The van der Waals surface area contributed by atoms with Crippen LogP contribution in [-0.4, -0.2) is 25.1 Å². The highest BCUT2D eigenvalue weighted by molar-refractivity contribution is 5.93. The fourth-order valence-corrected chi connectivity index (χ4v) is 1.92. The largest absolute Gasteiger partial charge is 0.481 e. The molecule has 25 heavy (non-hydrogen) atoms. The van der Waals surface area contributed by atoms with Crippen LogP contribution in [0.5, 0.6) is 5.75 Å². The molecule has 0 saturated heterocycles. The lowest BCUT2D eigenvalue weighted by Gasteiger charge is -2.09. The summed E-state index contributed by atoms with van der Waals surface area (Å²) in [7, 11) is 0. The van der Waals surface area contributed by atoms with Crippen LogP contribution in [0.15, 0.2) is 42.5 Å². The molecule has 0 bridgehead atoms. The molecule has 0 spiro atoms. The van der Waals surface area contributed by atoms with Gasteiger partial charge in [-0.2, -0.15) is 5.26 Å². The van der Waals surface area contributed by atoms with Gasteiger partial charge in [0.1, 0.15) is 17.6 Å². The van der Waals surface area contributed by atoms with Crippen LogP contribution in [0.4, 0.5) is 10.1 Å². The number of carbonyl (C=O) groups is 2. The van der Waals surface area contributed by atoms with Gasteiger partial charge in [0.15, 0.2) is 13.2 Å². The molecule has 2 rings (SSSR count). The summed E-state index contributed by atoms with van der Waals surface area (Å²) in [6, 6.07) is 12.7. The second-order valence-corrected chi connectivity index (χ2v) is 5.09. The van der Waals surface area contributed by atoms with E-state index in [2.05, 4.69) is 5.32 Å². The Morgan fingerprint density at radius 1 is 1.20 bits per heavy atom. The summed E-state index contributed by atoms with van der Waals surface area (Å²) in [6.07, 6.45) is 0. The number of para-hydroxylation sites is 1. The minimum Gasteiger partial charge on any atom is -0.481 e. The molecular formula is C18H15FN2O4. The maximum absolute atomic E-state index is 13.6. The van der Waals surface area contributed by atoms with Crippen molar-refractivity contribution in [1.29, 1.82) is 5.26 Å². The first-order chi connectivity index (χ1) is 12.0. The molecule has 0 atom stereocenters. The van der Waals surface area contributed by atoms with E-state index in [9.17, 15) is 14.0 Å². The van der Waals surface area contributed by atoms with E-state index in [1.54, 1.807) is 37.3 Å². The lowest BCUT2D eigenvalue weighted by Crippen LogP contribution is -2.24. The number of rotatable bonds is 6. The first-order valence-corrected chi connectivity index (χ1v) is 7.33. The molecule has 0 aliphatic rings. The van der Waals surface area contributed by atoms with Crippen molar-refractivity contribution in [3.05, 3.63) is 59.4 Å². The van der Waals surface area contributed by atoms with E-state index in [0.29, 0.717) is 0 Å². The van der Waals surface area contributed by atoms with Gasteiger partial charge >= 0.3 is 5.97 Å². The number of halogens is 1. The average molecular weight is 342 g/mol. The molecule has 1 amide bonds. The summed E-state index contributed by atoms with van der Waals surface area (Å²) >= 11 is 0. The molecule has 2 aromatic rings. The van der Waals surface area contributed by atoms with E-state index >= 15 is 0 Å². The summed E-state index contributed by atoms with van der Waals surface area (Å²) in [5.41, 5.74) is 1.01. The first kappa shape index (κ1) is 17.9. The van der Waals surface area contributed by atoms with Gasteiger partial charge in [-0.25, -0.2) is 9.18 Å². The van der Waals surface area contributed by atoms with E-state index in [0.717, 1.165) is 5.56 Å². The number of nitrogens with zero attached hydrogens (tertiary/aromatic N) is 1. The van der Waals surface area contributed by atoms with Crippen LogP contribution >= 0.6 is 0 Å². The SMILES string of the molecule is Cc1ccc(NC(=O)COC(=O)COc2ccccc2C#N)c(F)c1. The number of nitrogens with one attached hydrogen (secondary N) is 1. The summed E-state index contributed by atoms with van der Waals surface area (Å²) in [5.74, 6) is -1.79. The van der Waals surface area contributed by atoms with Gasteiger partial charge in [0.2, 0.25) is 0 Å². The van der Waals surface area contributed by atoms with Gasteiger partial charge in [-0.15, -0.1) is 0 Å². The zero-order valence-corrected chi connectivity index (χ0v) is 13.4. The Labute approximate surface area is 143 Å². The van der Waals surface area contributed by atoms with E-state index in [4.69, 9.17) is 14.7 Å². The Morgan fingerprint density at radius 2 is 1.96 bits per heavy atom. The number of nitriles is 1. The normalized spacial score (nSPS) is 9.80. The number of benzene rings is 2. The van der Waals surface area contributed by atoms with Gasteiger partial charge in [0, 0.05) is 0 Å². The van der Waals surface area contributed by atoms with Crippen molar-refractivity contribution in [2.45, 2.75) is 6.92 Å². The summed E-state index contributed by atoms with van der Waals surface area (Å²) in [6.45, 7) is 0.696. The zero-order valence-electron chi connectivity index (χ0n) is 13.4. The molecule has 128 valence electrons. The Kier molecular flexibility index (Phi) is 6.07. The van der Waals surface area contributed by atoms with Crippen LogP contribution < -0.4 is 10.1 Å². The molecule has 0 heterocycles. The predicted molar refractivity (Wildman–Crippen MR) is 87.4 cm³/mol. The average Bonchev–Trinajstić information content (AvgIpc) is 2.60. The number of anilines is 1. The monoisotopic (exact) mass is 342 g/mol. The Hall–Kier alpha value is -3.40. The van der Waals surface area contributed by atoms with E-state index in [-0.39, 0.29) is 17.0 Å². The zero-order chi connectivity index (χ0) is 18.2. The highest BCUT2D eigenvalue weighted by Crippen LogP contribution is 2.16. The van der Waals surface area contributed by atoms with Gasteiger partial charge in [-0.1, -0.05) is 18.2 Å². The maximum Gasteiger partial charge on any atom is 0.344 e. The van der Waals surface area contributed by atoms with Crippen LogP contribution in [0.25, 0.3) is 0 Å². The van der Waals surface area contributed by atoms with Gasteiger partial charge < -0.3 is 14.8 Å². The minimum absolute atomic E-state index is 0.00541. The number of esters is 1.